The van der Waals surface area contributed by atoms with Crippen molar-refractivity contribution in [3.63, 3.8) is 0 Å². The summed E-state index contributed by atoms with van der Waals surface area (Å²) in [5, 5.41) is 18.8. The molecule has 10 heteroatoms. The highest BCUT2D eigenvalue weighted by atomic mass is 32.2. The number of amides is 1. The van der Waals surface area contributed by atoms with Crippen molar-refractivity contribution in [3.05, 3.63) is 17.5 Å². The summed E-state index contributed by atoms with van der Waals surface area (Å²) < 4.78 is 33.8. The summed E-state index contributed by atoms with van der Waals surface area (Å²) >= 11 is 0. The number of fused-ring (bicyclic) bond motifs is 2. The van der Waals surface area contributed by atoms with Crippen LogP contribution in [0.1, 0.15) is 74.5 Å². The monoisotopic (exact) mass is 454 g/mol. The normalized spacial score (nSPS) is 31.6. The zero-order chi connectivity index (χ0) is 22.0. The van der Waals surface area contributed by atoms with E-state index in [2.05, 4.69) is 15.8 Å². The van der Waals surface area contributed by atoms with Crippen molar-refractivity contribution in [2.75, 3.05) is 13.2 Å². The number of aliphatic hydroxyl groups excluding tert-OH is 1. The van der Waals surface area contributed by atoms with Gasteiger partial charge in [0.15, 0.2) is 5.69 Å². The molecule has 2 aliphatic heterocycles. The summed E-state index contributed by atoms with van der Waals surface area (Å²) in [5.74, 6) is 0.422. The number of nitrogens with zero attached hydrogens (tertiary/aromatic N) is 2. The molecular formula is C21H34N4O5S. The molecule has 1 amide bonds. The van der Waals surface area contributed by atoms with E-state index in [-0.39, 0.29) is 41.6 Å². The summed E-state index contributed by atoms with van der Waals surface area (Å²) in [6, 6.07) is 1.83. The molecule has 0 unspecified atom stereocenters. The van der Waals surface area contributed by atoms with Gasteiger partial charge in [0.25, 0.3) is 5.91 Å². The first-order valence-electron chi connectivity index (χ1n) is 11.6. The Hall–Kier alpha value is -1.49. The van der Waals surface area contributed by atoms with Crippen LogP contribution in [0.4, 0.5) is 0 Å². The molecule has 1 aromatic heterocycles. The minimum Gasteiger partial charge on any atom is -0.395 e. The van der Waals surface area contributed by atoms with Gasteiger partial charge in [0.05, 0.1) is 11.9 Å². The first-order chi connectivity index (χ1) is 14.9. The molecule has 2 saturated heterocycles. The molecule has 3 aliphatic rings. The molecule has 31 heavy (non-hydrogen) atoms. The predicted molar refractivity (Wildman–Crippen MR) is 115 cm³/mol. The van der Waals surface area contributed by atoms with Crippen LogP contribution in [0.2, 0.25) is 0 Å². The summed E-state index contributed by atoms with van der Waals surface area (Å²) in [5.41, 5.74) is 0.283. The smallest absolute Gasteiger partial charge is 0.273 e. The lowest BCUT2D eigenvalue weighted by Crippen LogP contribution is -2.55. The van der Waals surface area contributed by atoms with Gasteiger partial charge in [-0.25, -0.2) is 8.42 Å². The van der Waals surface area contributed by atoms with Crippen LogP contribution in [0, 0.1) is 0 Å². The topological polar surface area (TPSA) is 125 Å². The van der Waals surface area contributed by atoms with Crippen LogP contribution in [0.5, 0.6) is 0 Å². The number of aromatic nitrogens is 1. The third kappa shape index (κ3) is 4.81. The van der Waals surface area contributed by atoms with Gasteiger partial charge in [-0.2, -0.15) is 4.31 Å². The molecule has 3 heterocycles. The van der Waals surface area contributed by atoms with Crippen molar-refractivity contribution in [3.8, 4) is 0 Å². The molecule has 0 spiro atoms. The van der Waals surface area contributed by atoms with E-state index in [1.165, 1.54) is 0 Å². The molecule has 9 nitrogen and oxygen atoms in total. The van der Waals surface area contributed by atoms with Gasteiger partial charge >= 0.3 is 0 Å². The van der Waals surface area contributed by atoms with Gasteiger partial charge < -0.3 is 20.3 Å². The minimum atomic E-state index is -3.35. The maximum absolute atomic E-state index is 13.5. The Morgan fingerprint density at radius 1 is 1.16 bits per heavy atom. The number of aliphatic hydroxyl groups is 1. The molecule has 1 saturated carbocycles. The van der Waals surface area contributed by atoms with Crippen LogP contribution in [-0.2, 0) is 16.4 Å². The van der Waals surface area contributed by atoms with Gasteiger partial charge in [-0.15, -0.1) is 0 Å². The van der Waals surface area contributed by atoms with Gasteiger partial charge in [-0.1, -0.05) is 12.1 Å². The van der Waals surface area contributed by atoms with E-state index >= 15 is 0 Å². The minimum absolute atomic E-state index is 0.0391. The van der Waals surface area contributed by atoms with Gasteiger partial charge in [-0.05, 0) is 51.4 Å². The Labute approximate surface area is 184 Å². The average Bonchev–Trinajstić information content (AvgIpc) is 3.36. The number of nitrogens with one attached hydrogen (secondary N) is 2. The molecule has 3 fully saturated rings. The zero-order valence-electron chi connectivity index (χ0n) is 18.1. The SMILES string of the molecule is CCc1cc(C(=O)NC2C[C@@H]3CC[C@@H](C2)N3S(=O)(=O)[C@H]2CC[C@H](NCCO)CC2)no1. The van der Waals surface area contributed by atoms with Gasteiger partial charge in [0.1, 0.15) is 5.76 Å². The van der Waals surface area contributed by atoms with Gasteiger partial charge in [-0.3, -0.25) is 4.79 Å². The summed E-state index contributed by atoms with van der Waals surface area (Å²) in [4.78, 5) is 12.5. The lowest BCUT2D eigenvalue weighted by Gasteiger charge is -2.41. The van der Waals surface area contributed by atoms with Crippen LogP contribution < -0.4 is 10.6 Å². The molecule has 0 radical (unpaired) electrons. The average molecular weight is 455 g/mol. The second-order valence-corrected chi connectivity index (χ2v) is 11.2. The Bertz CT molecular complexity index is 851. The van der Waals surface area contributed by atoms with E-state index in [0.717, 1.165) is 25.7 Å². The molecule has 1 aliphatic carbocycles. The number of rotatable bonds is 8. The van der Waals surface area contributed by atoms with Crippen molar-refractivity contribution in [2.24, 2.45) is 0 Å². The van der Waals surface area contributed by atoms with Gasteiger partial charge in [0.2, 0.25) is 10.0 Å². The lowest BCUT2D eigenvalue weighted by atomic mass is 9.95. The van der Waals surface area contributed by atoms with Crippen molar-refractivity contribution in [2.45, 2.75) is 94.1 Å². The lowest BCUT2D eigenvalue weighted by molar-refractivity contribution is 0.0899. The fourth-order valence-corrected chi connectivity index (χ4v) is 7.95. The summed E-state index contributed by atoms with van der Waals surface area (Å²) in [6.45, 7) is 2.59. The van der Waals surface area contributed by atoms with E-state index in [1.807, 2.05) is 6.92 Å². The number of hydrogen-bond donors (Lipinski definition) is 3. The van der Waals surface area contributed by atoms with Crippen LogP contribution >= 0.6 is 0 Å². The summed E-state index contributed by atoms with van der Waals surface area (Å²) in [7, 11) is -3.35. The first kappa shape index (κ1) is 22.7. The Kier molecular flexibility index (Phi) is 7.00. The number of carbonyl (C=O) groups is 1. The molecular weight excluding hydrogens is 420 g/mol. The number of aryl methyl sites for hydroxylation is 1. The second-order valence-electron chi connectivity index (χ2n) is 9.09. The van der Waals surface area contributed by atoms with Crippen LogP contribution in [0.25, 0.3) is 0 Å². The van der Waals surface area contributed by atoms with E-state index in [0.29, 0.717) is 50.5 Å². The molecule has 1 aromatic rings. The predicted octanol–water partition coefficient (Wildman–Crippen LogP) is 1.19. The van der Waals surface area contributed by atoms with E-state index < -0.39 is 10.0 Å². The van der Waals surface area contributed by atoms with Crippen molar-refractivity contribution >= 4 is 15.9 Å². The molecule has 2 bridgehead atoms. The zero-order valence-corrected chi connectivity index (χ0v) is 18.9. The quantitative estimate of drug-likeness (QED) is 0.539. The van der Waals surface area contributed by atoms with E-state index in [1.54, 1.807) is 10.4 Å². The maximum Gasteiger partial charge on any atom is 0.273 e. The molecule has 3 N–H and O–H groups in total. The van der Waals surface area contributed by atoms with E-state index in [4.69, 9.17) is 9.63 Å². The number of carbonyl (C=O) groups excluding carboxylic acids is 1. The largest absolute Gasteiger partial charge is 0.395 e. The summed E-state index contributed by atoms with van der Waals surface area (Å²) in [6.07, 6.45) is 6.65. The Morgan fingerprint density at radius 3 is 2.42 bits per heavy atom. The van der Waals surface area contributed by atoms with Gasteiger partial charge in [0, 0.05) is 43.2 Å². The van der Waals surface area contributed by atoms with E-state index in [9.17, 15) is 13.2 Å². The third-order valence-electron chi connectivity index (χ3n) is 7.08. The molecule has 2 atom stereocenters. The number of piperidine rings is 1. The number of hydrogen-bond acceptors (Lipinski definition) is 7. The fourth-order valence-electron chi connectivity index (χ4n) is 5.52. The second kappa shape index (κ2) is 9.56. The standard InChI is InChI=1S/C21H34N4O5S/c1-2-18-13-20(24-30-18)21(27)23-15-11-16-5-6-17(12-15)25(16)31(28,29)19-7-3-14(4-8-19)22-9-10-26/h13-17,19,22,26H,2-12H2,1H3,(H,23,27)/t14-,16-,17-,19-/m0/s1. The first-order valence-corrected chi connectivity index (χ1v) is 13.1. The highest BCUT2D eigenvalue weighted by Crippen LogP contribution is 2.41. The van der Waals surface area contributed by atoms with Crippen molar-refractivity contribution in [1.29, 1.82) is 0 Å². The fraction of sp³-hybridized carbons (Fsp3) is 0.810. The Balaban J connectivity index is 1.35. The van der Waals surface area contributed by atoms with Crippen LogP contribution in [0.15, 0.2) is 10.6 Å². The molecule has 174 valence electrons. The third-order valence-corrected chi connectivity index (χ3v) is 9.57. The Morgan fingerprint density at radius 2 is 1.84 bits per heavy atom. The highest BCUT2D eigenvalue weighted by molar-refractivity contribution is 7.89. The molecule has 4 rings (SSSR count). The van der Waals surface area contributed by atoms with Crippen molar-refractivity contribution in [1.82, 2.24) is 20.1 Å². The maximum atomic E-state index is 13.5. The van der Waals surface area contributed by atoms with Crippen LogP contribution in [0.3, 0.4) is 0 Å². The molecule has 0 aromatic carbocycles. The van der Waals surface area contributed by atoms with Crippen molar-refractivity contribution < 1.29 is 22.8 Å². The van der Waals surface area contributed by atoms with Crippen LogP contribution in [-0.4, -0.2) is 71.5 Å². The number of sulfonamides is 1. The highest BCUT2D eigenvalue weighted by Gasteiger charge is 2.49.